The van der Waals surface area contributed by atoms with E-state index in [9.17, 15) is 10.2 Å². The number of ether oxygens (including phenoxy) is 2. The lowest BCUT2D eigenvalue weighted by molar-refractivity contribution is 0.103. The lowest BCUT2D eigenvalue weighted by Crippen LogP contribution is -2.19. The summed E-state index contributed by atoms with van der Waals surface area (Å²) in [5.74, 6) is 1.56. The first kappa shape index (κ1) is 20.0. The average Bonchev–Trinajstić information content (AvgIpc) is 2.69. The van der Waals surface area contributed by atoms with Gasteiger partial charge in [-0.05, 0) is 19.3 Å². The van der Waals surface area contributed by atoms with E-state index >= 15 is 0 Å². The van der Waals surface area contributed by atoms with Crippen molar-refractivity contribution in [3.05, 3.63) is 46.5 Å². The third-order valence-corrected chi connectivity index (χ3v) is 5.27. The zero-order chi connectivity index (χ0) is 19.4. The second-order valence-electron chi connectivity index (χ2n) is 6.94. The topological polar surface area (TPSA) is 58.9 Å². The molecule has 2 unspecified atom stereocenters. The van der Waals surface area contributed by atoms with Gasteiger partial charge >= 0.3 is 0 Å². The molecule has 2 aromatic rings. The molecule has 0 saturated carbocycles. The molecule has 0 fully saturated rings. The number of hydrogen-bond donors (Lipinski definition) is 2. The Morgan fingerprint density at radius 3 is 1.96 bits per heavy atom. The van der Waals surface area contributed by atoms with Crippen LogP contribution in [0.3, 0.4) is 0 Å². The Morgan fingerprint density at radius 2 is 1.44 bits per heavy atom. The summed E-state index contributed by atoms with van der Waals surface area (Å²) in [4.78, 5) is 0. The van der Waals surface area contributed by atoms with E-state index in [2.05, 4.69) is 0 Å². The van der Waals surface area contributed by atoms with Gasteiger partial charge in [-0.3, -0.25) is 0 Å². The summed E-state index contributed by atoms with van der Waals surface area (Å²) >= 11 is 6.34. The van der Waals surface area contributed by atoms with Crippen molar-refractivity contribution in [3.8, 4) is 11.5 Å². The summed E-state index contributed by atoms with van der Waals surface area (Å²) in [5.41, 5.74) is 2.05. The number of fused-ring (bicyclic) bond motifs is 2. The monoisotopic (exact) mass is 390 g/mol. The van der Waals surface area contributed by atoms with Gasteiger partial charge in [0.1, 0.15) is 24.7 Å². The summed E-state index contributed by atoms with van der Waals surface area (Å²) in [5, 5.41) is 22.6. The molecule has 5 heteroatoms. The Morgan fingerprint density at radius 1 is 0.926 bits per heavy atom. The van der Waals surface area contributed by atoms with Gasteiger partial charge in [0.15, 0.2) is 0 Å². The molecule has 0 radical (unpaired) electrons. The van der Waals surface area contributed by atoms with Crippen LogP contribution in [0.4, 0.5) is 0 Å². The normalized spacial score (nSPS) is 15.8. The molecule has 0 bridgehead atoms. The largest absolute Gasteiger partial charge is 0.490 e. The van der Waals surface area contributed by atoms with E-state index in [0.29, 0.717) is 25.7 Å². The van der Waals surface area contributed by atoms with Crippen LogP contribution < -0.4 is 9.47 Å². The molecule has 0 saturated heterocycles. The number of benzene rings is 2. The Hall–Kier alpha value is -1.75. The number of aliphatic hydroxyl groups excluding tert-OH is 2. The number of aliphatic hydroxyl groups is 2. The van der Waals surface area contributed by atoms with Crippen molar-refractivity contribution in [1.82, 2.24) is 0 Å². The summed E-state index contributed by atoms with van der Waals surface area (Å²) < 4.78 is 12.2. The summed E-state index contributed by atoms with van der Waals surface area (Å²) in [6.45, 7) is 4.35. The first-order valence-corrected chi connectivity index (χ1v) is 9.95. The zero-order valence-corrected chi connectivity index (χ0v) is 16.6. The van der Waals surface area contributed by atoms with Gasteiger partial charge in [-0.2, -0.15) is 0 Å². The molecule has 4 nitrogen and oxygen atoms in total. The molecule has 2 atom stereocenters. The number of halogens is 1. The van der Waals surface area contributed by atoms with Crippen molar-refractivity contribution in [3.63, 3.8) is 0 Å². The lowest BCUT2D eigenvalue weighted by Gasteiger charge is -2.25. The molecule has 0 aromatic heterocycles. The van der Waals surface area contributed by atoms with Gasteiger partial charge in [0.05, 0.1) is 12.2 Å². The predicted molar refractivity (Wildman–Crippen MR) is 109 cm³/mol. The van der Waals surface area contributed by atoms with Gasteiger partial charge in [-0.25, -0.2) is 0 Å². The van der Waals surface area contributed by atoms with Gasteiger partial charge in [-0.1, -0.05) is 55.8 Å². The van der Waals surface area contributed by atoms with Crippen LogP contribution >= 0.6 is 11.6 Å². The van der Waals surface area contributed by atoms with E-state index in [1.165, 1.54) is 0 Å². The predicted octanol–water partition coefficient (Wildman–Crippen LogP) is 4.36. The lowest BCUT2D eigenvalue weighted by atomic mass is 9.90. The highest BCUT2D eigenvalue weighted by atomic mass is 35.5. The maximum atomic E-state index is 9.96. The number of hydrogen-bond acceptors (Lipinski definition) is 4. The molecule has 0 heterocycles. The highest BCUT2D eigenvalue weighted by Crippen LogP contribution is 2.44. The van der Waals surface area contributed by atoms with Crippen molar-refractivity contribution in [2.75, 3.05) is 13.2 Å². The van der Waals surface area contributed by atoms with Crippen molar-refractivity contribution in [2.24, 2.45) is 0 Å². The van der Waals surface area contributed by atoms with Crippen LogP contribution in [0.15, 0.2) is 35.4 Å². The fourth-order valence-corrected chi connectivity index (χ4v) is 3.47. The molecule has 0 amide bonds. The van der Waals surface area contributed by atoms with E-state index in [-0.39, 0.29) is 13.2 Å². The SMILES string of the molecule is CCC(O)COc1c2c(c(OCC(O)CC)c3ccccc13)CC(Cl)=CC2. The smallest absolute Gasteiger partial charge is 0.131 e. The van der Waals surface area contributed by atoms with E-state index in [0.717, 1.165) is 38.4 Å². The molecular formula is C22H27ClO4. The number of rotatable bonds is 8. The minimum Gasteiger partial charge on any atom is -0.490 e. The van der Waals surface area contributed by atoms with Gasteiger partial charge < -0.3 is 19.7 Å². The molecule has 0 spiro atoms. The summed E-state index contributed by atoms with van der Waals surface area (Å²) in [6.07, 6.45) is 3.49. The van der Waals surface area contributed by atoms with Gasteiger partial charge in [0.2, 0.25) is 0 Å². The van der Waals surface area contributed by atoms with Crippen LogP contribution in [-0.4, -0.2) is 35.6 Å². The van der Waals surface area contributed by atoms with Crippen molar-refractivity contribution >= 4 is 22.4 Å². The summed E-state index contributed by atoms with van der Waals surface area (Å²) in [6, 6.07) is 7.93. The Kier molecular flexibility index (Phi) is 6.64. The van der Waals surface area contributed by atoms with Crippen molar-refractivity contribution < 1.29 is 19.7 Å². The highest BCUT2D eigenvalue weighted by Gasteiger charge is 2.24. The van der Waals surface area contributed by atoms with E-state index in [1.807, 2.05) is 44.2 Å². The maximum absolute atomic E-state index is 9.96. The van der Waals surface area contributed by atoms with Crippen LogP contribution in [0.2, 0.25) is 0 Å². The molecule has 2 aromatic carbocycles. The fourth-order valence-electron chi connectivity index (χ4n) is 3.26. The summed E-state index contributed by atoms with van der Waals surface area (Å²) in [7, 11) is 0. The van der Waals surface area contributed by atoms with Gasteiger partial charge in [-0.15, -0.1) is 0 Å². The van der Waals surface area contributed by atoms with Crippen molar-refractivity contribution in [2.45, 2.75) is 51.7 Å². The van der Waals surface area contributed by atoms with Gasteiger partial charge in [0.25, 0.3) is 0 Å². The Balaban J connectivity index is 2.11. The Labute approximate surface area is 165 Å². The van der Waals surface area contributed by atoms with Crippen LogP contribution in [0.5, 0.6) is 11.5 Å². The first-order valence-electron chi connectivity index (χ1n) is 9.57. The van der Waals surface area contributed by atoms with Crippen LogP contribution in [0.1, 0.15) is 37.8 Å². The van der Waals surface area contributed by atoms with Crippen LogP contribution in [-0.2, 0) is 12.8 Å². The van der Waals surface area contributed by atoms with Crippen molar-refractivity contribution in [1.29, 1.82) is 0 Å². The quantitative estimate of drug-likeness (QED) is 0.703. The maximum Gasteiger partial charge on any atom is 0.131 e. The van der Waals surface area contributed by atoms with E-state index in [1.54, 1.807) is 0 Å². The molecule has 1 aliphatic carbocycles. The minimum atomic E-state index is -0.510. The van der Waals surface area contributed by atoms with Gasteiger partial charge in [0, 0.05) is 33.4 Å². The molecular weight excluding hydrogens is 364 g/mol. The van der Waals surface area contributed by atoms with Crippen LogP contribution in [0.25, 0.3) is 10.8 Å². The molecule has 146 valence electrons. The minimum absolute atomic E-state index is 0.239. The standard InChI is InChI=1S/C22H27ClO4/c1-3-15(24)12-26-21-17-7-5-6-8-18(17)22(27-13-16(25)4-2)20-11-14(23)9-10-19(20)21/h5-9,15-16,24-25H,3-4,10-13H2,1-2H3. The fraction of sp³-hybridized carbons (Fsp3) is 0.455. The van der Waals surface area contributed by atoms with E-state index in [4.69, 9.17) is 21.1 Å². The second-order valence-corrected chi connectivity index (χ2v) is 7.42. The zero-order valence-electron chi connectivity index (χ0n) is 15.9. The van der Waals surface area contributed by atoms with Crippen LogP contribution in [0, 0.1) is 0 Å². The average molecular weight is 391 g/mol. The third kappa shape index (κ3) is 4.40. The second kappa shape index (κ2) is 8.96. The number of allylic oxidation sites excluding steroid dienone is 2. The first-order chi connectivity index (χ1) is 13.0. The molecule has 2 N–H and O–H groups in total. The highest BCUT2D eigenvalue weighted by molar-refractivity contribution is 6.30. The molecule has 0 aliphatic heterocycles. The molecule has 27 heavy (non-hydrogen) atoms. The third-order valence-electron chi connectivity index (χ3n) is 4.98. The van der Waals surface area contributed by atoms with E-state index < -0.39 is 12.2 Å². The Bertz CT molecular complexity index is 831. The molecule has 1 aliphatic rings. The molecule has 3 rings (SSSR count).